The van der Waals surface area contributed by atoms with Gasteiger partial charge in [-0.3, -0.25) is 4.79 Å². The molecule has 2 heterocycles. The number of piperidine rings is 1. The minimum atomic E-state index is -0.442. The van der Waals surface area contributed by atoms with E-state index < -0.39 is 5.79 Å². The Hall–Kier alpha value is -1.59. The number of benzene rings is 1. The molecule has 1 aromatic carbocycles. The third-order valence-corrected chi connectivity index (χ3v) is 4.18. The van der Waals surface area contributed by atoms with E-state index in [0.29, 0.717) is 38.5 Å². The van der Waals surface area contributed by atoms with Crippen molar-refractivity contribution in [1.29, 1.82) is 0 Å². The fourth-order valence-corrected chi connectivity index (χ4v) is 2.96. The predicted molar refractivity (Wildman–Crippen MR) is 82.0 cm³/mol. The summed E-state index contributed by atoms with van der Waals surface area (Å²) in [5.41, 5.74) is 0.679. The lowest BCUT2D eigenvalue weighted by molar-refractivity contribution is -0.181. The highest BCUT2D eigenvalue weighted by Gasteiger charge is 2.40. The average molecular weight is 305 g/mol. The van der Waals surface area contributed by atoms with Crippen LogP contribution in [0.1, 0.15) is 36.5 Å². The molecule has 1 amide bonds. The Morgan fingerprint density at radius 3 is 2.68 bits per heavy atom. The van der Waals surface area contributed by atoms with Gasteiger partial charge in [-0.15, -0.1) is 0 Å². The first-order valence-electron chi connectivity index (χ1n) is 8.02. The van der Waals surface area contributed by atoms with Crippen molar-refractivity contribution < 1.29 is 19.0 Å². The van der Waals surface area contributed by atoms with Crippen LogP contribution >= 0.6 is 0 Å². The van der Waals surface area contributed by atoms with Gasteiger partial charge in [-0.1, -0.05) is 13.0 Å². The lowest BCUT2D eigenvalue weighted by Gasteiger charge is -2.37. The zero-order chi connectivity index (χ0) is 15.4. The van der Waals surface area contributed by atoms with Gasteiger partial charge in [0, 0.05) is 31.5 Å². The van der Waals surface area contributed by atoms with Crippen LogP contribution in [0.15, 0.2) is 24.3 Å². The van der Waals surface area contributed by atoms with E-state index in [4.69, 9.17) is 14.2 Å². The number of carbonyl (C=O) groups is 1. The highest BCUT2D eigenvalue weighted by molar-refractivity contribution is 5.94. The number of hydrogen-bond donors (Lipinski definition) is 0. The van der Waals surface area contributed by atoms with E-state index in [9.17, 15) is 4.79 Å². The van der Waals surface area contributed by atoms with E-state index in [-0.39, 0.29) is 5.91 Å². The molecule has 3 rings (SSSR count). The van der Waals surface area contributed by atoms with E-state index in [0.717, 1.165) is 25.0 Å². The molecule has 120 valence electrons. The standard InChI is InChI=1S/C17H23NO4/c1-2-10-20-15-5-3-4-14(13-15)16(19)18-8-6-17(7-9-18)21-11-12-22-17/h3-5,13H,2,6-12H2,1H3. The number of carbonyl (C=O) groups excluding carboxylic acids is 1. The van der Waals surface area contributed by atoms with E-state index in [1.54, 1.807) is 0 Å². The molecule has 22 heavy (non-hydrogen) atoms. The molecule has 2 aliphatic rings. The second-order valence-electron chi connectivity index (χ2n) is 5.78. The van der Waals surface area contributed by atoms with Gasteiger partial charge in [-0.05, 0) is 24.6 Å². The second kappa shape index (κ2) is 6.67. The van der Waals surface area contributed by atoms with Crippen LogP contribution in [0.4, 0.5) is 0 Å². The molecular weight excluding hydrogens is 282 g/mol. The Bertz CT molecular complexity index is 515. The van der Waals surface area contributed by atoms with Crippen LogP contribution in [0.2, 0.25) is 0 Å². The first kappa shape index (κ1) is 15.3. The third kappa shape index (κ3) is 3.25. The molecule has 2 fully saturated rings. The summed E-state index contributed by atoms with van der Waals surface area (Å²) in [6, 6.07) is 7.42. The first-order chi connectivity index (χ1) is 10.7. The quantitative estimate of drug-likeness (QED) is 0.857. The topological polar surface area (TPSA) is 48.0 Å². The van der Waals surface area contributed by atoms with Crippen molar-refractivity contribution in [3.05, 3.63) is 29.8 Å². The Balaban J connectivity index is 1.62. The molecule has 0 radical (unpaired) electrons. The molecule has 0 N–H and O–H groups in total. The summed E-state index contributed by atoms with van der Waals surface area (Å²) in [4.78, 5) is 14.5. The zero-order valence-electron chi connectivity index (χ0n) is 13.0. The van der Waals surface area contributed by atoms with Crippen LogP contribution in [0.5, 0.6) is 5.75 Å². The van der Waals surface area contributed by atoms with Crippen molar-refractivity contribution in [3.8, 4) is 5.75 Å². The fraction of sp³-hybridized carbons (Fsp3) is 0.588. The van der Waals surface area contributed by atoms with E-state index in [1.165, 1.54) is 0 Å². The van der Waals surface area contributed by atoms with Gasteiger partial charge in [0.05, 0.1) is 19.8 Å². The number of nitrogens with zero attached hydrogens (tertiary/aromatic N) is 1. The van der Waals surface area contributed by atoms with Crippen molar-refractivity contribution in [2.75, 3.05) is 32.9 Å². The van der Waals surface area contributed by atoms with Crippen LogP contribution in [0, 0.1) is 0 Å². The number of likely N-dealkylation sites (tertiary alicyclic amines) is 1. The Morgan fingerprint density at radius 2 is 2.00 bits per heavy atom. The average Bonchev–Trinajstić information content (AvgIpc) is 3.01. The second-order valence-corrected chi connectivity index (χ2v) is 5.78. The minimum Gasteiger partial charge on any atom is -0.494 e. The molecule has 1 aromatic rings. The van der Waals surface area contributed by atoms with Crippen molar-refractivity contribution in [2.45, 2.75) is 32.0 Å². The molecule has 0 unspecified atom stereocenters. The SMILES string of the molecule is CCCOc1cccc(C(=O)N2CCC3(CC2)OCCO3)c1. The summed E-state index contributed by atoms with van der Waals surface area (Å²) < 4.78 is 17.0. The maximum Gasteiger partial charge on any atom is 0.253 e. The van der Waals surface area contributed by atoms with Crippen molar-refractivity contribution in [1.82, 2.24) is 4.90 Å². The van der Waals surface area contributed by atoms with Gasteiger partial charge in [0.25, 0.3) is 5.91 Å². The van der Waals surface area contributed by atoms with Gasteiger partial charge < -0.3 is 19.1 Å². The van der Waals surface area contributed by atoms with Gasteiger partial charge in [0.2, 0.25) is 0 Å². The summed E-state index contributed by atoms with van der Waals surface area (Å²) in [5, 5.41) is 0. The Labute approximate surface area is 131 Å². The minimum absolute atomic E-state index is 0.0507. The van der Waals surface area contributed by atoms with E-state index in [1.807, 2.05) is 29.2 Å². The molecule has 5 nitrogen and oxygen atoms in total. The highest BCUT2D eigenvalue weighted by Crippen LogP contribution is 2.31. The van der Waals surface area contributed by atoms with Crippen LogP contribution in [-0.4, -0.2) is 49.5 Å². The predicted octanol–water partition coefficient (Wildman–Crippen LogP) is 2.45. The molecule has 5 heteroatoms. The molecular formula is C17H23NO4. The van der Waals surface area contributed by atoms with Crippen molar-refractivity contribution >= 4 is 5.91 Å². The Morgan fingerprint density at radius 1 is 1.27 bits per heavy atom. The summed E-state index contributed by atoms with van der Waals surface area (Å²) >= 11 is 0. The van der Waals surface area contributed by atoms with Crippen LogP contribution < -0.4 is 4.74 Å². The number of rotatable bonds is 4. The van der Waals surface area contributed by atoms with Crippen LogP contribution in [0.3, 0.4) is 0 Å². The third-order valence-electron chi connectivity index (χ3n) is 4.18. The summed E-state index contributed by atoms with van der Waals surface area (Å²) in [6.45, 7) is 5.37. The summed E-state index contributed by atoms with van der Waals surface area (Å²) in [6.07, 6.45) is 2.43. The number of ether oxygens (including phenoxy) is 3. The van der Waals surface area contributed by atoms with Gasteiger partial charge >= 0.3 is 0 Å². The largest absolute Gasteiger partial charge is 0.494 e. The Kier molecular flexibility index (Phi) is 4.64. The van der Waals surface area contributed by atoms with Crippen molar-refractivity contribution in [2.24, 2.45) is 0 Å². The molecule has 0 aromatic heterocycles. The summed E-state index contributed by atoms with van der Waals surface area (Å²) in [5.74, 6) is 0.363. The normalized spacial score (nSPS) is 20.3. The van der Waals surface area contributed by atoms with Crippen molar-refractivity contribution in [3.63, 3.8) is 0 Å². The molecule has 2 aliphatic heterocycles. The fourth-order valence-electron chi connectivity index (χ4n) is 2.96. The number of hydrogen-bond acceptors (Lipinski definition) is 4. The molecule has 0 saturated carbocycles. The smallest absolute Gasteiger partial charge is 0.253 e. The summed E-state index contributed by atoms with van der Waals surface area (Å²) in [7, 11) is 0. The van der Waals surface area contributed by atoms with Gasteiger partial charge in [-0.25, -0.2) is 0 Å². The molecule has 0 bridgehead atoms. The molecule has 0 aliphatic carbocycles. The van der Waals surface area contributed by atoms with E-state index in [2.05, 4.69) is 6.92 Å². The lowest BCUT2D eigenvalue weighted by atomic mass is 10.0. The monoisotopic (exact) mass is 305 g/mol. The van der Waals surface area contributed by atoms with Crippen LogP contribution in [0.25, 0.3) is 0 Å². The first-order valence-corrected chi connectivity index (χ1v) is 8.02. The molecule has 2 saturated heterocycles. The van der Waals surface area contributed by atoms with Gasteiger partial charge in [0.15, 0.2) is 5.79 Å². The lowest BCUT2D eigenvalue weighted by Crippen LogP contribution is -2.47. The van der Waals surface area contributed by atoms with Crippen LogP contribution in [-0.2, 0) is 9.47 Å². The van der Waals surface area contributed by atoms with Gasteiger partial charge in [-0.2, -0.15) is 0 Å². The maximum absolute atomic E-state index is 12.6. The number of amides is 1. The highest BCUT2D eigenvalue weighted by atomic mass is 16.7. The van der Waals surface area contributed by atoms with E-state index >= 15 is 0 Å². The molecule has 1 spiro atoms. The van der Waals surface area contributed by atoms with Gasteiger partial charge in [0.1, 0.15) is 5.75 Å². The maximum atomic E-state index is 12.6. The zero-order valence-corrected chi connectivity index (χ0v) is 13.0. The molecule has 0 atom stereocenters.